The molecule has 2 N–H and O–H groups in total. The average molecular weight is 566 g/mol. The van der Waals surface area contributed by atoms with E-state index in [9.17, 15) is 19.2 Å². The zero-order chi connectivity index (χ0) is 28.4. The second-order valence-corrected chi connectivity index (χ2v) is 10.2. The second kappa shape index (κ2) is 11.2. The summed E-state index contributed by atoms with van der Waals surface area (Å²) in [5.41, 5.74) is 2.23. The zero-order valence-electron chi connectivity index (χ0n) is 22.0. The highest BCUT2D eigenvalue weighted by atomic mass is 32.1. The summed E-state index contributed by atoms with van der Waals surface area (Å²) < 4.78 is 15.9. The third-order valence-electron chi connectivity index (χ3n) is 6.50. The second-order valence-electron chi connectivity index (χ2n) is 9.29. The van der Waals surface area contributed by atoms with Crippen molar-refractivity contribution in [2.45, 2.75) is 18.5 Å². The molecule has 2 aliphatic rings. The van der Waals surface area contributed by atoms with Crippen molar-refractivity contribution in [2.24, 2.45) is 0 Å². The summed E-state index contributed by atoms with van der Waals surface area (Å²) in [7, 11) is 5.05. The smallest absolute Gasteiger partial charge is 0.357 e. The Balaban J connectivity index is 1.43. The van der Waals surface area contributed by atoms with Crippen LogP contribution in [0.1, 0.15) is 27.7 Å². The summed E-state index contributed by atoms with van der Waals surface area (Å²) in [5.74, 6) is -0.831. The van der Waals surface area contributed by atoms with E-state index in [1.165, 1.54) is 12.5 Å². The summed E-state index contributed by atoms with van der Waals surface area (Å²) in [6, 6.07) is 9.55. The molecule has 12 nitrogen and oxygen atoms in total. The molecule has 0 aliphatic carbocycles. The fourth-order valence-electron chi connectivity index (χ4n) is 4.43. The molecular formula is C27H27N5O7S. The molecule has 0 saturated carbocycles. The van der Waals surface area contributed by atoms with E-state index < -0.39 is 35.9 Å². The topological polar surface area (TPSA) is 139 Å². The van der Waals surface area contributed by atoms with Gasteiger partial charge in [0.15, 0.2) is 22.3 Å². The van der Waals surface area contributed by atoms with Crippen LogP contribution in [0.15, 0.2) is 47.8 Å². The molecule has 0 bridgehead atoms. The number of thiazole rings is 1. The maximum Gasteiger partial charge on any atom is 0.357 e. The first-order valence-electron chi connectivity index (χ1n) is 12.4. The first kappa shape index (κ1) is 26.9. The highest BCUT2D eigenvalue weighted by Crippen LogP contribution is 2.35. The van der Waals surface area contributed by atoms with Crippen LogP contribution in [-0.2, 0) is 20.7 Å². The molecule has 2 aromatic carbocycles. The fraction of sp³-hybridized carbons (Fsp3) is 0.296. The maximum atomic E-state index is 13.7. The van der Waals surface area contributed by atoms with Crippen molar-refractivity contribution < 1.29 is 33.4 Å². The van der Waals surface area contributed by atoms with Crippen LogP contribution in [0.25, 0.3) is 0 Å². The Kier molecular flexibility index (Phi) is 7.56. The van der Waals surface area contributed by atoms with Gasteiger partial charge in [-0.25, -0.2) is 19.5 Å². The number of benzene rings is 2. The number of amides is 4. The number of urea groups is 1. The average Bonchev–Trinajstić information content (AvgIpc) is 3.54. The van der Waals surface area contributed by atoms with Gasteiger partial charge in [-0.05, 0) is 35.4 Å². The number of esters is 1. The number of anilines is 2. The Bertz CT molecular complexity index is 1460. The number of nitrogens with zero attached hydrogens (tertiary/aromatic N) is 3. The normalized spacial score (nSPS) is 16.8. The molecule has 4 amide bonds. The molecule has 13 heteroatoms. The number of hydrogen-bond donors (Lipinski definition) is 2. The Morgan fingerprint density at radius 2 is 1.88 bits per heavy atom. The fourth-order valence-corrected chi connectivity index (χ4v) is 5.11. The van der Waals surface area contributed by atoms with Gasteiger partial charge >= 0.3 is 12.0 Å². The van der Waals surface area contributed by atoms with Gasteiger partial charge in [0.05, 0.1) is 7.11 Å². The molecule has 0 unspecified atom stereocenters. The third kappa shape index (κ3) is 5.41. The standard InChI is InChI=1S/C27H27N5O7S/c1-31(2)17-7-4-15(5-8-17)12-19(23(33)30-26-28-18(14-40-26)25(35)37-3)32-24(34)22(29-27(32)36)16-6-9-20-21(13-16)39-11-10-38-20/h4-9,13-14,19,22H,10-12H2,1-3H3,(H,29,36)(H,28,30,33)/t19-,22-/m0/s1. The van der Waals surface area contributed by atoms with Gasteiger partial charge in [-0.1, -0.05) is 18.2 Å². The van der Waals surface area contributed by atoms with Crippen LogP contribution in [0.4, 0.5) is 15.6 Å². The number of methoxy groups -OCH3 is 1. The van der Waals surface area contributed by atoms with E-state index in [4.69, 9.17) is 9.47 Å². The predicted octanol–water partition coefficient (Wildman–Crippen LogP) is 2.61. The zero-order valence-corrected chi connectivity index (χ0v) is 22.8. The van der Waals surface area contributed by atoms with Gasteiger partial charge in [-0.3, -0.25) is 9.59 Å². The molecule has 3 aromatic rings. The molecule has 0 radical (unpaired) electrons. The minimum Gasteiger partial charge on any atom is -0.486 e. The van der Waals surface area contributed by atoms with Gasteiger partial charge in [-0.2, -0.15) is 0 Å². The molecule has 0 spiro atoms. The number of ether oxygens (including phenoxy) is 3. The SMILES string of the molecule is COC(=O)c1csc(NC(=O)[C@H](Cc2ccc(N(C)C)cc2)N2C(=O)N[C@@H](c3ccc4c(c3)OCCO4)C2=O)n1. The van der Waals surface area contributed by atoms with Crippen LogP contribution >= 0.6 is 11.3 Å². The molecular weight excluding hydrogens is 538 g/mol. The van der Waals surface area contributed by atoms with Crippen molar-refractivity contribution in [3.63, 3.8) is 0 Å². The lowest BCUT2D eigenvalue weighted by Crippen LogP contribution is -2.49. The molecule has 2 atom stereocenters. The van der Waals surface area contributed by atoms with Gasteiger partial charge in [0.25, 0.3) is 5.91 Å². The molecule has 208 valence electrons. The van der Waals surface area contributed by atoms with E-state index in [1.54, 1.807) is 18.2 Å². The molecule has 2 aliphatic heterocycles. The van der Waals surface area contributed by atoms with E-state index in [2.05, 4.69) is 20.4 Å². The monoisotopic (exact) mass is 565 g/mol. The van der Waals surface area contributed by atoms with Gasteiger partial charge in [0, 0.05) is 31.6 Å². The van der Waals surface area contributed by atoms with Crippen LogP contribution in [0.3, 0.4) is 0 Å². The third-order valence-corrected chi connectivity index (χ3v) is 7.25. The Labute approximate surface area is 233 Å². The Hall–Kier alpha value is -4.65. The number of fused-ring (bicyclic) bond motifs is 1. The number of carbonyl (C=O) groups excluding carboxylic acids is 4. The largest absolute Gasteiger partial charge is 0.486 e. The molecule has 40 heavy (non-hydrogen) atoms. The van der Waals surface area contributed by atoms with Crippen LogP contribution in [-0.4, -0.2) is 74.2 Å². The van der Waals surface area contributed by atoms with E-state index in [0.717, 1.165) is 27.5 Å². The highest BCUT2D eigenvalue weighted by Gasteiger charge is 2.45. The maximum absolute atomic E-state index is 13.7. The molecule has 1 saturated heterocycles. The quantitative estimate of drug-likeness (QED) is 0.312. The molecule has 3 heterocycles. The van der Waals surface area contributed by atoms with Crippen molar-refractivity contribution in [2.75, 3.05) is 44.6 Å². The van der Waals surface area contributed by atoms with Gasteiger partial charge in [0.2, 0.25) is 5.91 Å². The van der Waals surface area contributed by atoms with E-state index in [0.29, 0.717) is 30.3 Å². The number of carbonyl (C=O) groups is 4. The van der Waals surface area contributed by atoms with E-state index >= 15 is 0 Å². The Morgan fingerprint density at radius 3 is 2.58 bits per heavy atom. The molecule has 5 rings (SSSR count). The van der Waals surface area contributed by atoms with Crippen molar-refractivity contribution in [1.82, 2.24) is 15.2 Å². The van der Waals surface area contributed by atoms with Crippen molar-refractivity contribution in [1.29, 1.82) is 0 Å². The summed E-state index contributed by atoms with van der Waals surface area (Å²) in [6.07, 6.45) is 0.0573. The van der Waals surface area contributed by atoms with Crippen molar-refractivity contribution >= 4 is 46.0 Å². The number of imide groups is 1. The summed E-state index contributed by atoms with van der Waals surface area (Å²) in [5, 5.41) is 6.92. The van der Waals surface area contributed by atoms with Crippen LogP contribution in [0.5, 0.6) is 11.5 Å². The first-order valence-corrected chi connectivity index (χ1v) is 13.3. The van der Waals surface area contributed by atoms with Crippen molar-refractivity contribution in [3.8, 4) is 11.5 Å². The van der Waals surface area contributed by atoms with E-state index in [-0.39, 0.29) is 17.2 Å². The highest BCUT2D eigenvalue weighted by molar-refractivity contribution is 7.14. The summed E-state index contributed by atoms with van der Waals surface area (Å²) in [6.45, 7) is 0.794. The molecule has 1 aromatic heterocycles. The summed E-state index contributed by atoms with van der Waals surface area (Å²) >= 11 is 1.03. The van der Waals surface area contributed by atoms with Crippen LogP contribution in [0, 0.1) is 0 Å². The van der Waals surface area contributed by atoms with Gasteiger partial charge in [-0.15, -0.1) is 11.3 Å². The van der Waals surface area contributed by atoms with Crippen LogP contribution in [0.2, 0.25) is 0 Å². The number of rotatable bonds is 8. The van der Waals surface area contributed by atoms with Gasteiger partial charge < -0.3 is 29.7 Å². The predicted molar refractivity (Wildman–Crippen MR) is 146 cm³/mol. The summed E-state index contributed by atoms with van der Waals surface area (Å²) in [4.78, 5) is 59.2. The first-order chi connectivity index (χ1) is 19.2. The lowest BCUT2D eigenvalue weighted by atomic mass is 10.0. The minimum absolute atomic E-state index is 0.0345. The lowest BCUT2D eigenvalue weighted by molar-refractivity contribution is -0.134. The van der Waals surface area contributed by atoms with E-state index in [1.807, 2.05) is 43.3 Å². The number of hydrogen-bond acceptors (Lipinski definition) is 10. The van der Waals surface area contributed by atoms with Gasteiger partial charge in [0.1, 0.15) is 25.3 Å². The lowest BCUT2D eigenvalue weighted by Gasteiger charge is -2.25. The number of aromatic nitrogens is 1. The molecule has 1 fully saturated rings. The number of nitrogens with one attached hydrogen (secondary N) is 2. The minimum atomic E-state index is -1.20. The Morgan fingerprint density at radius 1 is 1.15 bits per heavy atom. The van der Waals surface area contributed by atoms with Crippen LogP contribution < -0.4 is 25.0 Å². The van der Waals surface area contributed by atoms with Crippen molar-refractivity contribution in [3.05, 3.63) is 64.7 Å².